The zero-order chi connectivity index (χ0) is 10.9. The molecule has 0 spiro atoms. The van der Waals surface area contributed by atoms with Gasteiger partial charge < -0.3 is 10.5 Å². The topological polar surface area (TPSA) is 35.2 Å². The van der Waals surface area contributed by atoms with Gasteiger partial charge in [0.15, 0.2) is 0 Å². The monoisotopic (exact) mass is 209 g/mol. The fourth-order valence-electron chi connectivity index (χ4n) is 0.962. The molecule has 1 aromatic carbocycles. The van der Waals surface area contributed by atoms with Gasteiger partial charge in [-0.05, 0) is 6.07 Å². The lowest BCUT2D eigenvalue weighted by Gasteiger charge is -2.12. The standard InChI is InChI=1S/C8H7F4NO/c1-14-7-3-5(9)6(13)2-4(7)8(10,11)12/h2-3H,13H2,1H3. The van der Waals surface area contributed by atoms with Gasteiger partial charge in [0.25, 0.3) is 0 Å². The Hall–Kier alpha value is -1.46. The minimum absolute atomic E-state index is 0.508. The Morgan fingerprint density at radius 2 is 1.86 bits per heavy atom. The SMILES string of the molecule is COc1cc(F)c(N)cc1C(F)(F)F. The molecule has 0 unspecified atom stereocenters. The summed E-state index contributed by atoms with van der Waals surface area (Å²) in [4.78, 5) is 0. The van der Waals surface area contributed by atoms with E-state index in [1.165, 1.54) is 0 Å². The molecule has 0 amide bonds. The number of nitrogen functional groups attached to an aromatic ring is 1. The number of halogens is 4. The Balaban J connectivity index is 3.35. The van der Waals surface area contributed by atoms with E-state index in [-0.39, 0.29) is 0 Å². The van der Waals surface area contributed by atoms with Gasteiger partial charge in [-0.3, -0.25) is 0 Å². The summed E-state index contributed by atoms with van der Waals surface area (Å²) >= 11 is 0. The molecule has 0 aliphatic heterocycles. The van der Waals surface area contributed by atoms with Crippen LogP contribution in [-0.4, -0.2) is 7.11 Å². The second-order valence-corrected chi connectivity index (χ2v) is 2.57. The van der Waals surface area contributed by atoms with Crippen LogP contribution in [-0.2, 0) is 6.18 Å². The molecule has 1 aromatic rings. The van der Waals surface area contributed by atoms with Crippen molar-refractivity contribution in [2.24, 2.45) is 0 Å². The first-order chi connectivity index (χ1) is 6.36. The molecule has 0 fully saturated rings. The van der Waals surface area contributed by atoms with Crippen LogP contribution < -0.4 is 10.5 Å². The van der Waals surface area contributed by atoms with Gasteiger partial charge in [-0.1, -0.05) is 0 Å². The van der Waals surface area contributed by atoms with E-state index in [2.05, 4.69) is 4.74 Å². The van der Waals surface area contributed by atoms with Crippen molar-refractivity contribution in [1.82, 2.24) is 0 Å². The van der Waals surface area contributed by atoms with Crippen LogP contribution in [0.15, 0.2) is 12.1 Å². The lowest BCUT2D eigenvalue weighted by atomic mass is 10.1. The van der Waals surface area contributed by atoms with E-state index >= 15 is 0 Å². The molecule has 0 saturated carbocycles. The van der Waals surface area contributed by atoms with Crippen molar-refractivity contribution >= 4 is 5.69 Å². The summed E-state index contributed by atoms with van der Waals surface area (Å²) in [7, 11) is 1.03. The van der Waals surface area contributed by atoms with Crippen molar-refractivity contribution in [3.63, 3.8) is 0 Å². The molecule has 14 heavy (non-hydrogen) atoms. The summed E-state index contributed by atoms with van der Waals surface area (Å²) < 4.78 is 54.0. The third-order valence-electron chi connectivity index (χ3n) is 1.62. The third-order valence-corrected chi connectivity index (χ3v) is 1.62. The molecule has 0 radical (unpaired) electrons. The van der Waals surface area contributed by atoms with Gasteiger partial charge in [-0.15, -0.1) is 0 Å². The Kier molecular flexibility index (Phi) is 2.55. The molecule has 0 aliphatic rings. The van der Waals surface area contributed by atoms with Crippen LogP contribution in [0.1, 0.15) is 5.56 Å². The molecular formula is C8H7F4NO. The van der Waals surface area contributed by atoms with Crippen LogP contribution in [0.5, 0.6) is 5.75 Å². The fraction of sp³-hybridized carbons (Fsp3) is 0.250. The number of hydrogen-bond donors (Lipinski definition) is 1. The molecule has 1 rings (SSSR count). The summed E-state index contributed by atoms with van der Waals surface area (Å²) in [6.07, 6.45) is -4.60. The molecule has 2 N–H and O–H groups in total. The van der Waals surface area contributed by atoms with Crippen molar-refractivity contribution in [1.29, 1.82) is 0 Å². The van der Waals surface area contributed by atoms with Crippen LogP contribution >= 0.6 is 0 Å². The van der Waals surface area contributed by atoms with Crippen LogP contribution in [0.4, 0.5) is 23.2 Å². The number of hydrogen-bond acceptors (Lipinski definition) is 2. The van der Waals surface area contributed by atoms with Crippen molar-refractivity contribution in [2.75, 3.05) is 12.8 Å². The predicted octanol–water partition coefficient (Wildman–Crippen LogP) is 2.44. The smallest absolute Gasteiger partial charge is 0.420 e. The number of nitrogens with two attached hydrogens (primary N) is 1. The molecule has 0 atom stereocenters. The molecule has 0 aliphatic carbocycles. The van der Waals surface area contributed by atoms with Gasteiger partial charge in [0.1, 0.15) is 11.6 Å². The highest BCUT2D eigenvalue weighted by molar-refractivity contribution is 5.50. The summed E-state index contributed by atoms with van der Waals surface area (Å²) in [5.74, 6) is -1.51. The quantitative estimate of drug-likeness (QED) is 0.569. The second-order valence-electron chi connectivity index (χ2n) is 2.57. The summed E-state index contributed by atoms with van der Waals surface area (Å²) in [5.41, 5.74) is 3.37. The number of methoxy groups -OCH3 is 1. The van der Waals surface area contributed by atoms with Crippen LogP contribution in [0.25, 0.3) is 0 Å². The number of benzene rings is 1. The number of anilines is 1. The van der Waals surface area contributed by atoms with E-state index in [1.807, 2.05) is 0 Å². The van der Waals surface area contributed by atoms with E-state index in [9.17, 15) is 17.6 Å². The minimum atomic E-state index is -4.60. The third kappa shape index (κ3) is 1.89. The van der Waals surface area contributed by atoms with Crippen LogP contribution in [0.3, 0.4) is 0 Å². The number of ether oxygens (including phenoxy) is 1. The van der Waals surface area contributed by atoms with Crippen LogP contribution in [0.2, 0.25) is 0 Å². The van der Waals surface area contributed by atoms with Gasteiger partial charge in [0, 0.05) is 6.07 Å². The molecule has 0 aromatic heterocycles. The zero-order valence-corrected chi connectivity index (χ0v) is 7.15. The van der Waals surface area contributed by atoms with Crippen molar-refractivity contribution in [2.45, 2.75) is 6.18 Å². The summed E-state index contributed by atoms with van der Waals surface area (Å²) in [5, 5.41) is 0. The first-order valence-corrected chi connectivity index (χ1v) is 3.56. The molecule has 2 nitrogen and oxygen atoms in total. The molecule has 0 saturated heterocycles. The van der Waals surface area contributed by atoms with Gasteiger partial charge in [0.05, 0.1) is 18.4 Å². The molecule has 6 heteroatoms. The molecule has 0 bridgehead atoms. The first kappa shape index (κ1) is 10.6. The molecule has 78 valence electrons. The Morgan fingerprint density at radius 3 is 2.29 bits per heavy atom. The van der Waals surface area contributed by atoms with E-state index in [0.717, 1.165) is 7.11 Å². The second kappa shape index (κ2) is 3.36. The minimum Gasteiger partial charge on any atom is -0.496 e. The lowest BCUT2D eigenvalue weighted by molar-refractivity contribution is -0.138. The van der Waals surface area contributed by atoms with Crippen molar-refractivity contribution in [3.05, 3.63) is 23.5 Å². The molecular weight excluding hydrogens is 202 g/mol. The van der Waals surface area contributed by atoms with Crippen molar-refractivity contribution in [3.8, 4) is 5.75 Å². The average molecular weight is 209 g/mol. The molecule has 0 heterocycles. The maximum atomic E-state index is 12.8. The maximum Gasteiger partial charge on any atom is 0.420 e. The highest BCUT2D eigenvalue weighted by Crippen LogP contribution is 2.38. The van der Waals surface area contributed by atoms with Gasteiger partial charge in [-0.25, -0.2) is 4.39 Å². The average Bonchev–Trinajstić information content (AvgIpc) is 2.07. The fourth-order valence-corrected chi connectivity index (χ4v) is 0.962. The van der Waals surface area contributed by atoms with E-state index in [0.29, 0.717) is 12.1 Å². The maximum absolute atomic E-state index is 12.8. The largest absolute Gasteiger partial charge is 0.496 e. The van der Waals surface area contributed by atoms with Crippen LogP contribution in [0, 0.1) is 5.82 Å². The Bertz CT molecular complexity index is 348. The zero-order valence-electron chi connectivity index (χ0n) is 7.15. The highest BCUT2D eigenvalue weighted by atomic mass is 19.4. The first-order valence-electron chi connectivity index (χ1n) is 3.56. The Morgan fingerprint density at radius 1 is 1.29 bits per heavy atom. The number of alkyl halides is 3. The number of rotatable bonds is 1. The van der Waals surface area contributed by atoms with E-state index in [1.54, 1.807) is 0 Å². The predicted molar refractivity (Wildman–Crippen MR) is 42.4 cm³/mol. The highest BCUT2D eigenvalue weighted by Gasteiger charge is 2.35. The van der Waals surface area contributed by atoms with Crippen molar-refractivity contribution < 1.29 is 22.3 Å². The lowest BCUT2D eigenvalue weighted by Crippen LogP contribution is -2.09. The van der Waals surface area contributed by atoms with E-state index < -0.39 is 29.0 Å². The van der Waals surface area contributed by atoms with Gasteiger partial charge in [0.2, 0.25) is 0 Å². The van der Waals surface area contributed by atoms with Gasteiger partial charge in [-0.2, -0.15) is 13.2 Å². The normalized spacial score (nSPS) is 11.5. The Labute approximate surface area is 77.3 Å². The van der Waals surface area contributed by atoms with E-state index in [4.69, 9.17) is 5.73 Å². The summed E-state index contributed by atoms with van der Waals surface area (Å²) in [6.45, 7) is 0. The summed E-state index contributed by atoms with van der Waals surface area (Å²) in [6, 6.07) is 1.12. The van der Waals surface area contributed by atoms with Gasteiger partial charge >= 0.3 is 6.18 Å².